The van der Waals surface area contributed by atoms with Gasteiger partial charge in [-0.1, -0.05) is 6.07 Å². The van der Waals surface area contributed by atoms with Crippen LogP contribution in [0.15, 0.2) is 18.2 Å². The van der Waals surface area contributed by atoms with Crippen LogP contribution in [0, 0.1) is 5.82 Å². The van der Waals surface area contributed by atoms with Gasteiger partial charge in [0.15, 0.2) is 0 Å². The van der Waals surface area contributed by atoms with Gasteiger partial charge in [0.1, 0.15) is 17.0 Å². The highest BCUT2D eigenvalue weighted by atomic mass is 19.1. The van der Waals surface area contributed by atoms with E-state index in [0.29, 0.717) is 51.0 Å². The summed E-state index contributed by atoms with van der Waals surface area (Å²) in [5.74, 6) is -0.497. The van der Waals surface area contributed by atoms with Crippen LogP contribution in [0.25, 0.3) is 11.3 Å². The fourth-order valence-electron chi connectivity index (χ4n) is 4.37. The van der Waals surface area contributed by atoms with E-state index in [1.54, 1.807) is 18.1 Å². The number of amides is 3. The third kappa shape index (κ3) is 5.75. The Morgan fingerprint density at radius 2 is 2.11 bits per heavy atom. The summed E-state index contributed by atoms with van der Waals surface area (Å²) in [5, 5.41) is 4.82. The Bertz CT molecular complexity index is 1180. The van der Waals surface area contributed by atoms with Crippen molar-refractivity contribution in [1.82, 2.24) is 20.2 Å². The molecular formula is C25H33FN6O5. The Hall–Kier alpha value is -3.51. The van der Waals surface area contributed by atoms with E-state index >= 15 is 4.39 Å². The summed E-state index contributed by atoms with van der Waals surface area (Å²) in [7, 11) is 3.01. The second-order valence-electron chi connectivity index (χ2n) is 9.65. The molecule has 3 amide bonds. The number of carbonyl (C=O) groups is 2. The number of morpholine rings is 1. The van der Waals surface area contributed by atoms with Crippen molar-refractivity contribution in [3.8, 4) is 17.1 Å². The number of fused-ring (bicyclic) bond motifs is 1. The number of hydrogen-bond acceptors (Lipinski definition) is 8. The molecule has 0 bridgehead atoms. The molecule has 2 aliphatic heterocycles. The number of halogens is 1. The molecule has 11 nitrogen and oxygen atoms in total. The summed E-state index contributed by atoms with van der Waals surface area (Å²) in [6.45, 7) is 8.30. The monoisotopic (exact) mass is 516 g/mol. The molecular weight excluding hydrogens is 483 g/mol. The number of carbonyl (C=O) groups excluding carboxylic acids is 2. The normalized spacial score (nSPS) is 19.1. The number of aromatic nitrogens is 2. The molecule has 1 atom stereocenters. The molecule has 0 radical (unpaired) electrons. The molecule has 1 unspecified atom stereocenters. The molecule has 4 rings (SSSR count). The Balaban J connectivity index is 1.88. The molecule has 0 aliphatic carbocycles. The molecule has 1 fully saturated rings. The van der Waals surface area contributed by atoms with Gasteiger partial charge in [0.25, 0.3) is 5.91 Å². The van der Waals surface area contributed by atoms with Gasteiger partial charge in [-0.2, -0.15) is 4.98 Å². The molecule has 2 N–H and O–H groups in total. The first-order valence-electron chi connectivity index (χ1n) is 12.2. The summed E-state index contributed by atoms with van der Waals surface area (Å²) in [4.78, 5) is 38.6. The molecule has 0 saturated carbocycles. The molecule has 37 heavy (non-hydrogen) atoms. The average molecular weight is 517 g/mol. The lowest BCUT2D eigenvalue weighted by Gasteiger charge is -2.34. The summed E-state index contributed by atoms with van der Waals surface area (Å²) in [6.07, 6.45) is 0. The number of ether oxygens (including phenoxy) is 3. The summed E-state index contributed by atoms with van der Waals surface area (Å²) in [6, 6.07) is 3.71. The number of nitrogens with zero attached hydrogens (tertiary/aromatic N) is 4. The Morgan fingerprint density at radius 3 is 2.78 bits per heavy atom. The van der Waals surface area contributed by atoms with E-state index in [2.05, 4.69) is 15.6 Å². The average Bonchev–Trinajstić information content (AvgIpc) is 2.96. The van der Waals surface area contributed by atoms with Crippen molar-refractivity contribution >= 4 is 23.6 Å². The molecule has 1 aromatic heterocycles. The molecule has 2 aliphatic rings. The Kier molecular flexibility index (Phi) is 7.79. The lowest BCUT2D eigenvalue weighted by molar-refractivity contribution is 0.0448. The van der Waals surface area contributed by atoms with E-state index < -0.39 is 17.4 Å². The zero-order valence-electron chi connectivity index (χ0n) is 21.8. The molecule has 0 spiro atoms. The maximum Gasteiger partial charge on any atom is 0.319 e. The minimum atomic E-state index is -0.749. The maximum absolute atomic E-state index is 15.1. The van der Waals surface area contributed by atoms with Gasteiger partial charge < -0.3 is 34.6 Å². The van der Waals surface area contributed by atoms with Crippen molar-refractivity contribution in [1.29, 1.82) is 0 Å². The zero-order valence-corrected chi connectivity index (χ0v) is 21.8. The predicted molar refractivity (Wildman–Crippen MR) is 136 cm³/mol. The second-order valence-corrected chi connectivity index (χ2v) is 9.65. The first kappa shape index (κ1) is 26.6. The summed E-state index contributed by atoms with van der Waals surface area (Å²) < 4.78 is 32.1. The predicted octanol–water partition coefficient (Wildman–Crippen LogP) is 2.52. The lowest BCUT2D eigenvalue weighted by Crippen LogP contribution is -2.44. The van der Waals surface area contributed by atoms with Crippen LogP contribution < -0.4 is 20.3 Å². The van der Waals surface area contributed by atoms with Crippen LogP contribution in [0.3, 0.4) is 0 Å². The van der Waals surface area contributed by atoms with Crippen molar-refractivity contribution in [3.63, 3.8) is 0 Å². The summed E-state index contributed by atoms with van der Waals surface area (Å²) >= 11 is 0. The van der Waals surface area contributed by atoms with Gasteiger partial charge in [-0.3, -0.25) is 4.79 Å². The smallest absolute Gasteiger partial charge is 0.319 e. The molecule has 1 aromatic carbocycles. The van der Waals surface area contributed by atoms with Crippen molar-refractivity contribution in [2.45, 2.75) is 32.4 Å². The van der Waals surface area contributed by atoms with E-state index in [1.807, 2.05) is 25.7 Å². The highest BCUT2D eigenvalue weighted by Gasteiger charge is 2.38. The van der Waals surface area contributed by atoms with E-state index in [-0.39, 0.29) is 34.8 Å². The largest absolute Gasteiger partial charge is 0.469 e. The van der Waals surface area contributed by atoms with Crippen LogP contribution in [0.4, 0.5) is 20.8 Å². The first-order valence-corrected chi connectivity index (χ1v) is 12.2. The maximum atomic E-state index is 15.1. The van der Waals surface area contributed by atoms with E-state index in [4.69, 9.17) is 19.2 Å². The molecule has 1 saturated heterocycles. The number of hydrogen-bond donors (Lipinski definition) is 2. The molecule has 200 valence electrons. The van der Waals surface area contributed by atoms with E-state index in [0.717, 1.165) is 0 Å². The number of urea groups is 1. The molecule has 3 heterocycles. The van der Waals surface area contributed by atoms with Gasteiger partial charge in [0.05, 0.1) is 43.8 Å². The van der Waals surface area contributed by atoms with Gasteiger partial charge >= 0.3 is 6.03 Å². The Labute approximate surface area is 215 Å². The van der Waals surface area contributed by atoms with Gasteiger partial charge in [0, 0.05) is 32.8 Å². The van der Waals surface area contributed by atoms with Crippen molar-refractivity contribution in [2.75, 3.05) is 63.8 Å². The van der Waals surface area contributed by atoms with Crippen LogP contribution in [-0.4, -0.2) is 92.1 Å². The number of nitrogens with one attached hydrogen (secondary N) is 2. The topological polar surface area (TPSA) is 118 Å². The summed E-state index contributed by atoms with van der Waals surface area (Å²) in [5.41, 5.74) is -0.00691. The van der Waals surface area contributed by atoms with Crippen molar-refractivity contribution < 1.29 is 28.2 Å². The van der Waals surface area contributed by atoms with Gasteiger partial charge in [0.2, 0.25) is 11.8 Å². The van der Waals surface area contributed by atoms with Crippen LogP contribution in [-0.2, 0) is 9.47 Å². The van der Waals surface area contributed by atoms with Crippen LogP contribution >= 0.6 is 0 Å². The van der Waals surface area contributed by atoms with Gasteiger partial charge in [-0.25, -0.2) is 14.2 Å². The standard InChI is InChI=1S/C25H33FN6O5/c1-15-13-36-11-9-32(15)23-29-20(16-6-7-18(17(26)12-16)28-24(34)27-4)19-21(30-23)37-25(2,3)14-31(22(19)33)8-10-35-5/h6-7,12,15H,8-11,13-14H2,1-5H3,(H2,27,28,34). The Morgan fingerprint density at radius 1 is 1.32 bits per heavy atom. The van der Waals surface area contributed by atoms with Gasteiger partial charge in [-0.05, 0) is 32.9 Å². The third-order valence-electron chi connectivity index (χ3n) is 6.22. The first-order chi connectivity index (χ1) is 17.6. The number of methoxy groups -OCH3 is 1. The minimum absolute atomic E-state index is 0.00398. The molecule has 2 aromatic rings. The molecule has 12 heteroatoms. The second kappa shape index (κ2) is 10.9. The van der Waals surface area contributed by atoms with Crippen LogP contribution in [0.1, 0.15) is 31.1 Å². The highest BCUT2D eigenvalue weighted by Crippen LogP contribution is 2.37. The van der Waals surface area contributed by atoms with Crippen LogP contribution in [0.2, 0.25) is 0 Å². The van der Waals surface area contributed by atoms with E-state index in [1.165, 1.54) is 19.2 Å². The fraction of sp³-hybridized carbons (Fsp3) is 0.520. The SMILES string of the molecule is CNC(=O)Nc1ccc(-c2nc(N3CCOCC3C)nc3c2C(=O)N(CCOC)CC(C)(C)O3)cc1F. The lowest BCUT2D eigenvalue weighted by atomic mass is 10.0. The fourth-order valence-corrected chi connectivity index (χ4v) is 4.37. The van der Waals surface area contributed by atoms with Crippen molar-refractivity contribution in [2.24, 2.45) is 0 Å². The van der Waals surface area contributed by atoms with Crippen LogP contribution in [0.5, 0.6) is 5.88 Å². The third-order valence-corrected chi connectivity index (χ3v) is 6.22. The zero-order chi connectivity index (χ0) is 26.7. The number of rotatable bonds is 6. The van der Waals surface area contributed by atoms with Crippen molar-refractivity contribution in [3.05, 3.63) is 29.6 Å². The highest BCUT2D eigenvalue weighted by molar-refractivity contribution is 6.03. The minimum Gasteiger partial charge on any atom is -0.469 e. The number of benzene rings is 1. The van der Waals surface area contributed by atoms with Gasteiger partial charge in [-0.15, -0.1) is 0 Å². The quantitative estimate of drug-likeness (QED) is 0.602. The van der Waals surface area contributed by atoms with E-state index in [9.17, 15) is 9.59 Å². The number of anilines is 2.